The second-order valence-corrected chi connectivity index (χ2v) is 10.1. The van der Waals surface area contributed by atoms with Crippen LogP contribution in [0.5, 0.6) is 0 Å². The SMILES string of the molecule is C1CCC(NC2CCCCC2)CC1.NC12CC3CC(CC(C3)C1)C2. The Kier molecular flexibility index (Phi) is 5.53. The lowest BCUT2D eigenvalue weighted by Gasteiger charge is -2.55. The Morgan fingerprint density at radius 3 is 1.29 bits per heavy atom. The molecule has 6 fully saturated rings. The molecule has 6 aliphatic rings. The zero-order valence-electron chi connectivity index (χ0n) is 15.8. The third kappa shape index (κ3) is 4.36. The van der Waals surface area contributed by atoms with Gasteiger partial charge in [-0.2, -0.15) is 0 Å². The van der Waals surface area contributed by atoms with Gasteiger partial charge in [0.05, 0.1) is 0 Å². The van der Waals surface area contributed by atoms with Gasteiger partial charge >= 0.3 is 0 Å². The molecule has 3 N–H and O–H groups in total. The monoisotopic (exact) mass is 332 g/mol. The molecule has 0 aromatic rings. The summed E-state index contributed by atoms with van der Waals surface area (Å²) in [4.78, 5) is 0. The van der Waals surface area contributed by atoms with Gasteiger partial charge in [-0.15, -0.1) is 0 Å². The molecule has 0 spiro atoms. The molecule has 24 heavy (non-hydrogen) atoms. The molecule has 138 valence electrons. The molecule has 0 aromatic carbocycles. The number of hydrogen-bond acceptors (Lipinski definition) is 2. The molecule has 2 nitrogen and oxygen atoms in total. The van der Waals surface area contributed by atoms with Crippen LogP contribution in [0.3, 0.4) is 0 Å². The van der Waals surface area contributed by atoms with Crippen LogP contribution in [0, 0.1) is 17.8 Å². The van der Waals surface area contributed by atoms with Crippen molar-refractivity contribution in [2.45, 2.75) is 120 Å². The van der Waals surface area contributed by atoms with E-state index in [1.165, 1.54) is 103 Å². The van der Waals surface area contributed by atoms with Crippen LogP contribution >= 0.6 is 0 Å². The zero-order valence-corrected chi connectivity index (χ0v) is 15.8. The maximum atomic E-state index is 6.32. The first-order valence-electron chi connectivity index (χ1n) is 11.2. The molecule has 6 saturated carbocycles. The van der Waals surface area contributed by atoms with Crippen LogP contribution in [-0.4, -0.2) is 17.6 Å². The Balaban J connectivity index is 0.000000123. The Labute approximate surface area is 149 Å². The number of rotatable bonds is 2. The van der Waals surface area contributed by atoms with Crippen molar-refractivity contribution in [3.63, 3.8) is 0 Å². The molecule has 0 saturated heterocycles. The van der Waals surface area contributed by atoms with Crippen molar-refractivity contribution in [2.75, 3.05) is 0 Å². The van der Waals surface area contributed by atoms with Crippen molar-refractivity contribution in [2.24, 2.45) is 23.5 Å². The number of nitrogens with two attached hydrogens (primary N) is 1. The predicted octanol–water partition coefficient (Wildman–Crippen LogP) is 5.16. The second-order valence-electron chi connectivity index (χ2n) is 10.1. The molecule has 6 rings (SSSR count). The average molecular weight is 333 g/mol. The summed E-state index contributed by atoms with van der Waals surface area (Å²) in [5.41, 5.74) is 6.62. The minimum Gasteiger partial charge on any atom is -0.325 e. The highest BCUT2D eigenvalue weighted by Crippen LogP contribution is 2.54. The van der Waals surface area contributed by atoms with Gasteiger partial charge in [0.15, 0.2) is 0 Å². The highest BCUT2D eigenvalue weighted by atomic mass is 14.9. The van der Waals surface area contributed by atoms with Crippen LogP contribution < -0.4 is 11.1 Å². The molecule has 0 atom stereocenters. The van der Waals surface area contributed by atoms with Gasteiger partial charge in [0.25, 0.3) is 0 Å². The van der Waals surface area contributed by atoms with Crippen molar-refractivity contribution in [1.82, 2.24) is 5.32 Å². The minimum atomic E-state index is 0.300. The van der Waals surface area contributed by atoms with Crippen molar-refractivity contribution in [3.05, 3.63) is 0 Å². The Morgan fingerprint density at radius 1 is 0.583 bits per heavy atom. The van der Waals surface area contributed by atoms with E-state index in [2.05, 4.69) is 5.32 Å². The molecular formula is C22H40N2. The molecule has 2 heteroatoms. The van der Waals surface area contributed by atoms with Crippen LogP contribution in [0.4, 0.5) is 0 Å². The first kappa shape index (κ1) is 17.3. The summed E-state index contributed by atoms with van der Waals surface area (Å²) in [6.45, 7) is 0. The summed E-state index contributed by atoms with van der Waals surface area (Å²) in [5, 5.41) is 3.86. The quantitative estimate of drug-likeness (QED) is 0.733. The average Bonchev–Trinajstić information content (AvgIpc) is 2.55. The van der Waals surface area contributed by atoms with Gasteiger partial charge in [-0.1, -0.05) is 38.5 Å². The first-order chi connectivity index (χ1) is 11.7. The first-order valence-corrected chi connectivity index (χ1v) is 11.2. The third-order valence-corrected chi connectivity index (χ3v) is 7.77. The highest BCUT2D eigenvalue weighted by molar-refractivity contribution is 5.04. The maximum Gasteiger partial charge on any atom is 0.0162 e. The molecule has 6 aliphatic carbocycles. The minimum absolute atomic E-state index is 0.300. The van der Waals surface area contributed by atoms with E-state index in [0.717, 1.165) is 29.8 Å². The van der Waals surface area contributed by atoms with E-state index < -0.39 is 0 Å². The lowest BCUT2D eigenvalue weighted by atomic mass is 9.53. The lowest BCUT2D eigenvalue weighted by molar-refractivity contribution is 0.000365. The van der Waals surface area contributed by atoms with Gasteiger partial charge in [-0.3, -0.25) is 0 Å². The lowest BCUT2D eigenvalue weighted by Crippen LogP contribution is -2.55. The van der Waals surface area contributed by atoms with Crippen molar-refractivity contribution < 1.29 is 0 Å². The van der Waals surface area contributed by atoms with Crippen LogP contribution in [0.25, 0.3) is 0 Å². The summed E-state index contributed by atoms with van der Waals surface area (Å²) in [5.74, 6) is 3.06. The molecule has 0 heterocycles. The van der Waals surface area contributed by atoms with Gasteiger partial charge in [0.2, 0.25) is 0 Å². The van der Waals surface area contributed by atoms with E-state index in [1.807, 2.05) is 0 Å². The molecule has 0 unspecified atom stereocenters. The van der Waals surface area contributed by atoms with E-state index in [0.29, 0.717) is 5.54 Å². The molecule has 0 radical (unpaired) electrons. The molecule has 4 bridgehead atoms. The standard InChI is InChI=1S/C12H23N.C10H17N/c1-3-7-11(8-4-1)13-12-9-5-2-6-10-12;11-10-4-7-1-8(5-10)3-9(2-7)6-10/h11-13H,1-10H2;7-9H,1-6,11H2. The van der Waals surface area contributed by atoms with Crippen LogP contribution in [0.15, 0.2) is 0 Å². The molecule has 0 aromatic heterocycles. The normalized spacial score (nSPS) is 42.6. The summed E-state index contributed by atoms with van der Waals surface area (Å²) < 4.78 is 0. The van der Waals surface area contributed by atoms with Gasteiger partial charge in [0.1, 0.15) is 0 Å². The molecular weight excluding hydrogens is 292 g/mol. The molecule has 0 amide bonds. The Morgan fingerprint density at radius 2 is 0.958 bits per heavy atom. The van der Waals surface area contributed by atoms with E-state index in [4.69, 9.17) is 5.73 Å². The van der Waals surface area contributed by atoms with E-state index in [-0.39, 0.29) is 0 Å². The number of nitrogens with one attached hydrogen (secondary N) is 1. The summed E-state index contributed by atoms with van der Waals surface area (Å²) in [6, 6.07) is 1.74. The van der Waals surface area contributed by atoms with Gasteiger partial charge in [-0.05, 0) is 82.0 Å². The van der Waals surface area contributed by atoms with Gasteiger partial charge in [0, 0.05) is 17.6 Å². The number of hydrogen-bond donors (Lipinski definition) is 2. The van der Waals surface area contributed by atoms with Crippen molar-refractivity contribution >= 4 is 0 Å². The van der Waals surface area contributed by atoms with Gasteiger partial charge in [-0.25, -0.2) is 0 Å². The fourth-order valence-electron chi connectivity index (χ4n) is 7.05. The smallest absolute Gasteiger partial charge is 0.0162 e. The van der Waals surface area contributed by atoms with E-state index in [1.54, 1.807) is 0 Å². The second kappa shape index (κ2) is 7.66. The fraction of sp³-hybridized carbons (Fsp3) is 1.00. The summed E-state index contributed by atoms with van der Waals surface area (Å²) >= 11 is 0. The fourth-order valence-corrected chi connectivity index (χ4v) is 7.05. The Hall–Kier alpha value is -0.0800. The third-order valence-electron chi connectivity index (χ3n) is 7.77. The van der Waals surface area contributed by atoms with E-state index in [9.17, 15) is 0 Å². The van der Waals surface area contributed by atoms with Crippen molar-refractivity contribution in [1.29, 1.82) is 0 Å². The van der Waals surface area contributed by atoms with Crippen molar-refractivity contribution in [3.8, 4) is 0 Å². The highest BCUT2D eigenvalue weighted by Gasteiger charge is 2.48. The van der Waals surface area contributed by atoms with E-state index >= 15 is 0 Å². The van der Waals surface area contributed by atoms with Crippen LogP contribution in [0.2, 0.25) is 0 Å². The summed E-state index contributed by atoms with van der Waals surface area (Å²) in [6.07, 6.45) is 23.1. The van der Waals surface area contributed by atoms with Crippen LogP contribution in [0.1, 0.15) is 103 Å². The largest absolute Gasteiger partial charge is 0.325 e. The predicted molar refractivity (Wildman–Crippen MR) is 102 cm³/mol. The Bertz CT molecular complexity index is 341. The molecule has 0 aliphatic heterocycles. The van der Waals surface area contributed by atoms with Gasteiger partial charge < -0.3 is 11.1 Å². The maximum absolute atomic E-state index is 6.32. The summed E-state index contributed by atoms with van der Waals surface area (Å²) in [7, 11) is 0. The zero-order chi connectivity index (χ0) is 16.4. The van der Waals surface area contributed by atoms with Crippen LogP contribution in [-0.2, 0) is 0 Å². The topological polar surface area (TPSA) is 38.0 Å².